The Labute approximate surface area is 207 Å². The number of para-hydroxylation sites is 1. The number of hydrogen-bond donors (Lipinski definition) is 3. The van der Waals surface area contributed by atoms with Crippen LogP contribution in [-0.2, 0) is 6.54 Å². The second kappa shape index (κ2) is 12.7. The number of benzene rings is 3. The molecule has 0 saturated carbocycles. The van der Waals surface area contributed by atoms with Gasteiger partial charge in [0, 0.05) is 56.2 Å². The highest BCUT2D eigenvalue weighted by Crippen LogP contribution is 2.12. The third-order valence-corrected chi connectivity index (χ3v) is 6.09. The monoisotopic (exact) mass is 471 g/mol. The Morgan fingerprint density at radius 2 is 1.26 bits per heavy atom. The number of rotatable bonds is 9. The maximum Gasteiger partial charge on any atom is 0.323 e. The summed E-state index contributed by atoms with van der Waals surface area (Å²) < 4.78 is 0. The van der Waals surface area contributed by atoms with E-state index in [0.717, 1.165) is 51.4 Å². The van der Waals surface area contributed by atoms with Crippen LogP contribution in [0.1, 0.15) is 22.3 Å². The first-order valence-corrected chi connectivity index (χ1v) is 12.2. The van der Waals surface area contributed by atoms with E-state index < -0.39 is 0 Å². The molecule has 3 N–H and O–H groups in total. The highest BCUT2D eigenvalue weighted by atomic mass is 16.2. The molecule has 182 valence electrons. The molecule has 1 aliphatic heterocycles. The van der Waals surface area contributed by atoms with Crippen LogP contribution in [0.3, 0.4) is 0 Å². The van der Waals surface area contributed by atoms with Gasteiger partial charge in [-0.05, 0) is 54.9 Å². The molecule has 3 aromatic rings. The second-order valence-corrected chi connectivity index (χ2v) is 8.74. The first-order valence-electron chi connectivity index (χ1n) is 12.2. The van der Waals surface area contributed by atoms with Crippen molar-refractivity contribution >= 4 is 23.3 Å². The number of nitrogens with one attached hydrogen (secondary N) is 3. The van der Waals surface area contributed by atoms with E-state index in [1.165, 1.54) is 5.56 Å². The summed E-state index contributed by atoms with van der Waals surface area (Å²) in [5.41, 5.74) is 3.29. The van der Waals surface area contributed by atoms with Crippen LogP contribution in [0.5, 0.6) is 0 Å². The number of carbonyl (C=O) groups excluding carboxylic acids is 2. The van der Waals surface area contributed by atoms with Crippen LogP contribution in [0.25, 0.3) is 0 Å². The van der Waals surface area contributed by atoms with Gasteiger partial charge in [0.15, 0.2) is 0 Å². The van der Waals surface area contributed by atoms with Crippen LogP contribution >= 0.6 is 0 Å². The molecule has 0 atom stereocenters. The fourth-order valence-corrected chi connectivity index (χ4v) is 4.14. The SMILES string of the molecule is O=C(Nc1ccccc1)Nc1ccc(C(=O)NCCCN2CCN(Cc3ccccc3)CC2)cc1. The third-order valence-electron chi connectivity index (χ3n) is 6.09. The maximum absolute atomic E-state index is 12.5. The van der Waals surface area contributed by atoms with Crippen LogP contribution in [0.15, 0.2) is 84.9 Å². The molecule has 1 saturated heterocycles. The smallest absolute Gasteiger partial charge is 0.323 e. The Bertz CT molecular complexity index is 1070. The van der Waals surface area contributed by atoms with Crippen LogP contribution in [-0.4, -0.2) is 61.0 Å². The number of urea groups is 1. The average Bonchev–Trinajstić information content (AvgIpc) is 2.89. The molecule has 1 aliphatic rings. The third kappa shape index (κ3) is 7.95. The van der Waals surface area contributed by atoms with E-state index in [1.807, 2.05) is 30.3 Å². The molecule has 0 aromatic heterocycles. The van der Waals surface area contributed by atoms with Crippen molar-refractivity contribution in [1.82, 2.24) is 15.1 Å². The Morgan fingerprint density at radius 3 is 1.91 bits per heavy atom. The summed E-state index contributed by atoms with van der Waals surface area (Å²) in [6.45, 7) is 6.91. The Hall–Kier alpha value is -3.68. The molecule has 7 nitrogen and oxygen atoms in total. The number of hydrogen-bond acceptors (Lipinski definition) is 4. The minimum atomic E-state index is -0.325. The van der Waals surface area contributed by atoms with Gasteiger partial charge in [0.2, 0.25) is 0 Å². The number of amides is 3. The van der Waals surface area contributed by atoms with Crippen LogP contribution in [0, 0.1) is 0 Å². The van der Waals surface area contributed by atoms with Gasteiger partial charge in [-0.3, -0.25) is 9.69 Å². The van der Waals surface area contributed by atoms with Crippen molar-refractivity contribution in [3.05, 3.63) is 96.1 Å². The zero-order valence-electron chi connectivity index (χ0n) is 20.0. The van der Waals surface area contributed by atoms with E-state index in [-0.39, 0.29) is 11.9 Å². The summed E-state index contributed by atoms with van der Waals surface area (Å²) in [7, 11) is 0. The maximum atomic E-state index is 12.5. The largest absolute Gasteiger partial charge is 0.352 e. The van der Waals surface area contributed by atoms with Crippen molar-refractivity contribution in [2.24, 2.45) is 0 Å². The predicted molar refractivity (Wildman–Crippen MR) is 141 cm³/mol. The standard InChI is InChI=1S/C28H33N5O2/c34-27(24-12-14-26(15-13-24)31-28(35)30-25-10-5-2-6-11-25)29-16-7-17-32-18-20-33(21-19-32)22-23-8-3-1-4-9-23/h1-6,8-15H,7,16-22H2,(H,29,34)(H2,30,31,35). The molecule has 3 amide bonds. The number of piperazine rings is 1. The molecule has 0 radical (unpaired) electrons. The number of anilines is 2. The zero-order valence-corrected chi connectivity index (χ0v) is 20.0. The lowest BCUT2D eigenvalue weighted by molar-refractivity contribution is 0.0947. The first kappa shape index (κ1) is 24.4. The summed E-state index contributed by atoms with van der Waals surface area (Å²) >= 11 is 0. The van der Waals surface area contributed by atoms with Crippen molar-refractivity contribution < 1.29 is 9.59 Å². The lowest BCUT2D eigenvalue weighted by Crippen LogP contribution is -2.46. The van der Waals surface area contributed by atoms with Crippen molar-refractivity contribution in [3.8, 4) is 0 Å². The van der Waals surface area contributed by atoms with E-state index in [4.69, 9.17) is 0 Å². The first-order chi connectivity index (χ1) is 17.2. The van der Waals surface area contributed by atoms with E-state index in [9.17, 15) is 9.59 Å². The van der Waals surface area contributed by atoms with Crippen molar-refractivity contribution in [2.75, 3.05) is 49.9 Å². The quantitative estimate of drug-likeness (QED) is 0.408. The van der Waals surface area contributed by atoms with Crippen LogP contribution in [0.2, 0.25) is 0 Å². The molecule has 0 unspecified atom stereocenters. The fourth-order valence-electron chi connectivity index (χ4n) is 4.14. The summed E-state index contributed by atoms with van der Waals surface area (Å²) in [5, 5.41) is 8.53. The summed E-state index contributed by atoms with van der Waals surface area (Å²) in [5.74, 6) is -0.0991. The highest BCUT2D eigenvalue weighted by molar-refractivity contribution is 6.00. The van der Waals surface area contributed by atoms with Gasteiger partial charge in [-0.25, -0.2) is 4.79 Å². The van der Waals surface area contributed by atoms with Gasteiger partial charge in [0.25, 0.3) is 5.91 Å². The van der Waals surface area contributed by atoms with E-state index in [1.54, 1.807) is 24.3 Å². The van der Waals surface area contributed by atoms with Gasteiger partial charge in [-0.2, -0.15) is 0 Å². The van der Waals surface area contributed by atoms with E-state index in [0.29, 0.717) is 17.8 Å². The fraction of sp³-hybridized carbons (Fsp3) is 0.286. The summed E-state index contributed by atoms with van der Waals surface area (Å²) in [4.78, 5) is 29.5. The van der Waals surface area contributed by atoms with Gasteiger partial charge >= 0.3 is 6.03 Å². The van der Waals surface area contributed by atoms with Crippen molar-refractivity contribution in [3.63, 3.8) is 0 Å². The highest BCUT2D eigenvalue weighted by Gasteiger charge is 2.16. The molecule has 1 fully saturated rings. The van der Waals surface area contributed by atoms with Gasteiger partial charge in [-0.1, -0.05) is 48.5 Å². The lowest BCUT2D eigenvalue weighted by atomic mass is 10.2. The van der Waals surface area contributed by atoms with Crippen molar-refractivity contribution in [1.29, 1.82) is 0 Å². The number of carbonyl (C=O) groups is 2. The van der Waals surface area contributed by atoms with E-state index in [2.05, 4.69) is 56.1 Å². The minimum Gasteiger partial charge on any atom is -0.352 e. The summed E-state index contributed by atoms with van der Waals surface area (Å²) in [6.07, 6.45) is 0.920. The molecule has 35 heavy (non-hydrogen) atoms. The van der Waals surface area contributed by atoms with Gasteiger partial charge < -0.3 is 20.9 Å². The lowest BCUT2D eigenvalue weighted by Gasteiger charge is -2.34. The van der Waals surface area contributed by atoms with Crippen molar-refractivity contribution in [2.45, 2.75) is 13.0 Å². The Balaban J connectivity index is 1.11. The number of nitrogens with zero attached hydrogens (tertiary/aromatic N) is 2. The van der Waals surface area contributed by atoms with Crippen LogP contribution < -0.4 is 16.0 Å². The molecular formula is C28H33N5O2. The molecule has 4 rings (SSSR count). The Morgan fingerprint density at radius 1 is 0.686 bits per heavy atom. The van der Waals surface area contributed by atoms with E-state index >= 15 is 0 Å². The van der Waals surface area contributed by atoms with Gasteiger partial charge in [0.05, 0.1) is 0 Å². The average molecular weight is 472 g/mol. The molecule has 0 spiro atoms. The topological polar surface area (TPSA) is 76.7 Å². The molecule has 1 heterocycles. The minimum absolute atomic E-state index is 0.0991. The molecule has 0 bridgehead atoms. The predicted octanol–water partition coefficient (Wildman–Crippen LogP) is 4.27. The Kier molecular flexibility index (Phi) is 8.86. The second-order valence-electron chi connectivity index (χ2n) is 8.74. The summed E-state index contributed by atoms with van der Waals surface area (Å²) in [6, 6.07) is 26.4. The van der Waals surface area contributed by atoms with Crippen LogP contribution in [0.4, 0.5) is 16.2 Å². The molecule has 7 heteroatoms. The molecular weight excluding hydrogens is 438 g/mol. The van der Waals surface area contributed by atoms with Gasteiger partial charge in [-0.15, -0.1) is 0 Å². The molecule has 3 aromatic carbocycles. The zero-order chi connectivity index (χ0) is 24.3. The van der Waals surface area contributed by atoms with Gasteiger partial charge in [0.1, 0.15) is 0 Å². The molecule has 0 aliphatic carbocycles. The normalized spacial score (nSPS) is 14.3.